The van der Waals surface area contributed by atoms with Crippen molar-refractivity contribution < 1.29 is 17.6 Å². The summed E-state index contributed by atoms with van der Waals surface area (Å²) in [5, 5.41) is 10.5. The first-order chi connectivity index (χ1) is 12.0. The summed E-state index contributed by atoms with van der Waals surface area (Å²) in [5.41, 5.74) is 0.326. The van der Waals surface area contributed by atoms with Gasteiger partial charge in [-0.25, -0.2) is 8.42 Å². The van der Waals surface area contributed by atoms with Crippen LogP contribution >= 0.6 is 0 Å². The van der Waals surface area contributed by atoms with Gasteiger partial charge in [0.05, 0.1) is 10.6 Å². The number of nitrogens with one attached hydrogen (secondary N) is 1. The molecule has 25 heavy (non-hydrogen) atoms. The molecular weight excluding hydrogens is 342 g/mol. The Morgan fingerprint density at radius 1 is 1.16 bits per heavy atom. The number of carbonyl (C=O) groups is 1. The van der Waals surface area contributed by atoms with Crippen molar-refractivity contribution in [3.63, 3.8) is 0 Å². The highest BCUT2D eigenvalue weighted by atomic mass is 32.2. The van der Waals surface area contributed by atoms with Gasteiger partial charge in [0, 0.05) is 11.5 Å². The molecule has 8 heteroatoms. The average Bonchev–Trinajstić information content (AvgIpc) is 3.11. The third kappa shape index (κ3) is 4.07. The van der Waals surface area contributed by atoms with Gasteiger partial charge in [-0.3, -0.25) is 10.1 Å². The lowest BCUT2D eigenvalue weighted by atomic mass is 9.89. The van der Waals surface area contributed by atoms with E-state index in [2.05, 4.69) is 15.5 Å². The van der Waals surface area contributed by atoms with E-state index in [1.54, 1.807) is 6.92 Å². The first-order valence-electron chi connectivity index (χ1n) is 8.47. The summed E-state index contributed by atoms with van der Waals surface area (Å²) in [5.74, 6) is 0.439. The molecule has 0 bridgehead atoms. The zero-order valence-corrected chi connectivity index (χ0v) is 14.9. The maximum absolute atomic E-state index is 12.2. The quantitative estimate of drug-likeness (QED) is 0.875. The third-order valence-electron chi connectivity index (χ3n) is 4.47. The van der Waals surface area contributed by atoms with Crippen LogP contribution in [-0.4, -0.2) is 30.3 Å². The fourth-order valence-electron chi connectivity index (χ4n) is 2.95. The Bertz CT molecular complexity index is 837. The van der Waals surface area contributed by atoms with Crippen LogP contribution in [0.3, 0.4) is 0 Å². The molecule has 0 unspecified atom stereocenters. The van der Waals surface area contributed by atoms with Gasteiger partial charge in [0.2, 0.25) is 5.89 Å². The van der Waals surface area contributed by atoms with E-state index in [4.69, 9.17) is 4.42 Å². The summed E-state index contributed by atoms with van der Waals surface area (Å²) in [7, 11) is -3.28. The molecule has 1 saturated carbocycles. The lowest BCUT2D eigenvalue weighted by molar-refractivity contribution is 0.102. The largest absolute Gasteiger partial charge is 0.408 e. The smallest absolute Gasteiger partial charge is 0.322 e. The van der Waals surface area contributed by atoms with Crippen LogP contribution in [0.15, 0.2) is 33.6 Å². The minimum atomic E-state index is -3.28. The zero-order valence-electron chi connectivity index (χ0n) is 14.1. The Hall–Kier alpha value is -2.22. The van der Waals surface area contributed by atoms with Gasteiger partial charge in [-0.1, -0.05) is 31.3 Å². The molecule has 0 radical (unpaired) electrons. The lowest BCUT2D eigenvalue weighted by Crippen LogP contribution is -2.12. The van der Waals surface area contributed by atoms with Crippen LogP contribution in [0.1, 0.15) is 61.2 Å². The molecule has 1 heterocycles. The number of hydrogen-bond donors (Lipinski definition) is 1. The topological polar surface area (TPSA) is 102 Å². The number of benzene rings is 1. The van der Waals surface area contributed by atoms with Gasteiger partial charge in [-0.2, -0.15) is 0 Å². The van der Waals surface area contributed by atoms with Crippen molar-refractivity contribution in [1.82, 2.24) is 10.2 Å². The highest BCUT2D eigenvalue weighted by molar-refractivity contribution is 7.91. The minimum Gasteiger partial charge on any atom is -0.408 e. The molecule has 3 rings (SSSR count). The summed E-state index contributed by atoms with van der Waals surface area (Å²) in [6.07, 6.45) is 5.60. The van der Waals surface area contributed by atoms with Crippen LogP contribution in [0.5, 0.6) is 0 Å². The van der Waals surface area contributed by atoms with Crippen LogP contribution in [0.25, 0.3) is 0 Å². The number of amides is 1. The molecule has 1 aliphatic rings. The molecule has 0 spiro atoms. The number of aromatic nitrogens is 2. The number of anilines is 1. The van der Waals surface area contributed by atoms with Crippen molar-refractivity contribution in [3.8, 4) is 0 Å². The van der Waals surface area contributed by atoms with Gasteiger partial charge in [0.15, 0.2) is 9.84 Å². The van der Waals surface area contributed by atoms with E-state index in [-0.39, 0.29) is 22.6 Å². The van der Waals surface area contributed by atoms with Gasteiger partial charge < -0.3 is 4.42 Å². The van der Waals surface area contributed by atoms with Crippen LogP contribution in [0.4, 0.5) is 6.01 Å². The summed E-state index contributed by atoms with van der Waals surface area (Å²) >= 11 is 0. The van der Waals surface area contributed by atoms with E-state index in [0.29, 0.717) is 11.5 Å². The summed E-state index contributed by atoms with van der Waals surface area (Å²) in [6, 6.07) is 5.85. The zero-order chi connectivity index (χ0) is 17.9. The molecule has 1 aliphatic carbocycles. The highest BCUT2D eigenvalue weighted by Gasteiger charge is 2.22. The van der Waals surface area contributed by atoms with E-state index < -0.39 is 15.7 Å². The molecule has 0 atom stereocenters. The molecule has 1 aromatic carbocycles. The van der Waals surface area contributed by atoms with E-state index in [0.717, 1.165) is 25.7 Å². The second-order valence-electron chi connectivity index (χ2n) is 6.16. The molecular formula is C17H21N3O4S. The predicted molar refractivity (Wildman–Crippen MR) is 92.2 cm³/mol. The molecule has 1 fully saturated rings. The second kappa shape index (κ2) is 7.35. The molecule has 1 amide bonds. The summed E-state index contributed by atoms with van der Waals surface area (Å²) in [6.45, 7) is 1.58. The average molecular weight is 363 g/mol. The van der Waals surface area contributed by atoms with Crippen LogP contribution < -0.4 is 5.32 Å². The standard InChI is InChI=1S/C17H21N3O4S/c1-2-25(22,23)14-10-8-12(9-11-14)15(21)18-17-20-19-16(24-17)13-6-4-3-5-7-13/h8-11,13H,2-7H2,1H3,(H,18,20,21). The number of sulfone groups is 1. The van der Waals surface area contributed by atoms with Crippen molar-refractivity contribution in [1.29, 1.82) is 0 Å². The monoisotopic (exact) mass is 363 g/mol. The van der Waals surface area contributed by atoms with Gasteiger partial charge in [-0.15, -0.1) is 5.10 Å². The third-order valence-corrected chi connectivity index (χ3v) is 6.22. The summed E-state index contributed by atoms with van der Waals surface area (Å²) < 4.78 is 29.1. The van der Waals surface area contributed by atoms with Crippen molar-refractivity contribution in [2.75, 3.05) is 11.1 Å². The van der Waals surface area contributed by atoms with Crippen molar-refractivity contribution >= 4 is 21.8 Å². The summed E-state index contributed by atoms with van der Waals surface area (Å²) in [4.78, 5) is 12.4. The number of carbonyl (C=O) groups excluding carboxylic acids is 1. The number of hydrogen-bond acceptors (Lipinski definition) is 6. The van der Waals surface area contributed by atoms with Gasteiger partial charge in [-0.05, 0) is 37.1 Å². The number of nitrogens with zero attached hydrogens (tertiary/aromatic N) is 2. The minimum absolute atomic E-state index is 0.0183. The molecule has 1 N–H and O–H groups in total. The molecule has 7 nitrogen and oxygen atoms in total. The Kier molecular flexibility index (Phi) is 5.17. The Balaban J connectivity index is 1.67. The Morgan fingerprint density at radius 2 is 1.84 bits per heavy atom. The van der Waals surface area contributed by atoms with Crippen LogP contribution in [0.2, 0.25) is 0 Å². The molecule has 2 aromatic rings. The van der Waals surface area contributed by atoms with E-state index in [9.17, 15) is 13.2 Å². The van der Waals surface area contributed by atoms with Crippen molar-refractivity contribution in [2.45, 2.75) is 49.8 Å². The Labute approximate surface area is 146 Å². The maximum atomic E-state index is 12.2. The van der Waals surface area contributed by atoms with Crippen LogP contribution in [0, 0.1) is 0 Å². The molecule has 134 valence electrons. The fraction of sp³-hybridized carbons (Fsp3) is 0.471. The van der Waals surface area contributed by atoms with Gasteiger partial charge in [0.1, 0.15) is 0 Å². The van der Waals surface area contributed by atoms with Crippen molar-refractivity contribution in [3.05, 3.63) is 35.7 Å². The van der Waals surface area contributed by atoms with Gasteiger partial charge >= 0.3 is 6.01 Å². The van der Waals surface area contributed by atoms with Gasteiger partial charge in [0.25, 0.3) is 5.91 Å². The SMILES string of the molecule is CCS(=O)(=O)c1ccc(C(=O)Nc2nnc(C3CCCCC3)o2)cc1. The van der Waals surface area contributed by atoms with Crippen molar-refractivity contribution in [2.24, 2.45) is 0 Å². The van der Waals surface area contributed by atoms with E-state index in [1.165, 1.54) is 30.7 Å². The predicted octanol–water partition coefficient (Wildman–Crippen LogP) is 3.16. The Morgan fingerprint density at radius 3 is 2.48 bits per heavy atom. The lowest BCUT2D eigenvalue weighted by Gasteiger charge is -2.17. The first kappa shape index (κ1) is 17.6. The maximum Gasteiger partial charge on any atom is 0.322 e. The fourth-order valence-corrected chi connectivity index (χ4v) is 3.83. The van der Waals surface area contributed by atoms with Crippen LogP contribution in [-0.2, 0) is 9.84 Å². The molecule has 0 aliphatic heterocycles. The number of rotatable bonds is 5. The highest BCUT2D eigenvalue weighted by Crippen LogP contribution is 2.32. The van der Waals surface area contributed by atoms with E-state index >= 15 is 0 Å². The molecule has 1 aromatic heterocycles. The molecule has 0 saturated heterocycles. The van der Waals surface area contributed by atoms with E-state index in [1.807, 2.05) is 0 Å². The first-order valence-corrected chi connectivity index (χ1v) is 10.1. The normalized spacial score (nSPS) is 15.9. The second-order valence-corrected chi connectivity index (χ2v) is 8.44.